The molecule has 1 unspecified atom stereocenters. The number of aliphatic hydroxyl groups is 1. The molecule has 120 valence electrons. The summed E-state index contributed by atoms with van der Waals surface area (Å²) in [5.74, 6) is 0.562. The van der Waals surface area contributed by atoms with Crippen LogP contribution in [-0.4, -0.2) is 23.8 Å². The summed E-state index contributed by atoms with van der Waals surface area (Å²) in [6, 6.07) is 6.72. The van der Waals surface area contributed by atoms with Crippen LogP contribution in [0.3, 0.4) is 0 Å². The first-order chi connectivity index (χ1) is 11.0. The molecular weight excluding hydrogens is 318 g/mol. The summed E-state index contributed by atoms with van der Waals surface area (Å²) in [4.78, 5) is 4.08. The Kier molecular flexibility index (Phi) is 5.27. The summed E-state index contributed by atoms with van der Waals surface area (Å²) in [5, 5.41) is 19.9. The second-order valence-electron chi connectivity index (χ2n) is 4.64. The summed E-state index contributed by atoms with van der Waals surface area (Å²) in [5.41, 5.74) is 7.30. The summed E-state index contributed by atoms with van der Waals surface area (Å²) in [6.45, 7) is 2.16. The molecule has 0 aliphatic heterocycles. The number of nitriles is 1. The van der Waals surface area contributed by atoms with E-state index < -0.39 is 6.10 Å². The number of halogens is 1. The Morgan fingerprint density at radius 1 is 1.48 bits per heavy atom. The lowest BCUT2D eigenvalue weighted by atomic mass is 9.99. The fourth-order valence-corrected chi connectivity index (χ4v) is 2.33. The Morgan fingerprint density at radius 2 is 2.22 bits per heavy atom. The highest BCUT2D eigenvalue weighted by Gasteiger charge is 2.24. The molecule has 23 heavy (non-hydrogen) atoms. The van der Waals surface area contributed by atoms with E-state index in [1.165, 1.54) is 19.4 Å². The molecule has 0 amide bonds. The predicted molar refractivity (Wildman–Crippen MR) is 86.6 cm³/mol. The Morgan fingerprint density at radius 3 is 2.83 bits per heavy atom. The van der Waals surface area contributed by atoms with Crippen LogP contribution in [-0.2, 0) is 0 Å². The highest BCUT2D eigenvalue weighted by molar-refractivity contribution is 6.33. The lowest BCUT2D eigenvalue weighted by molar-refractivity contribution is 0.206. The van der Waals surface area contributed by atoms with Gasteiger partial charge in [-0.3, -0.25) is 0 Å². The second-order valence-corrected chi connectivity index (χ2v) is 5.05. The summed E-state index contributed by atoms with van der Waals surface area (Å²) in [6.07, 6.45) is 0.208. The van der Waals surface area contributed by atoms with E-state index in [-0.39, 0.29) is 22.2 Å². The van der Waals surface area contributed by atoms with Crippen LogP contribution in [0.2, 0.25) is 5.02 Å². The smallest absolute Gasteiger partial charge is 0.221 e. The number of aromatic nitrogens is 1. The lowest BCUT2D eigenvalue weighted by Crippen LogP contribution is -2.10. The fourth-order valence-electron chi connectivity index (χ4n) is 2.18. The Labute approximate surface area is 139 Å². The topological polar surface area (TPSA) is 101 Å². The van der Waals surface area contributed by atoms with Crippen molar-refractivity contribution in [1.82, 2.24) is 4.98 Å². The molecule has 1 aromatic carbocycles. The van der Waals surface area contributed by atoms with Crippen molar-refractivity contribution in [3.63, 3.8) is 0 Å². The Bertz CT molecular complexity index is 759. The van der Waals surface area contributed by atoms with Crippen molar-refractivity contribution >= 4 is 17.3 Å². The number of nitrogen functional groups attached to an aromatic ring is 1. The van der Waals surface area contributed by atoms with Gasteiger partial charge in [-0.05, 0) is 19.1 Å². The van der Waals surface area contributed by atoms with Crippen molar-refractivity contribution in [2.24, 2.45) is 0 Å². The van der Waals surface area contributed by atoms with E-state index in [1.807, 2.05) is 6.07 Å². The van der Waals surface area contributed by atoms with Crippen molar-refractivity contribution in [3.05, 3.63) is 46.1 Å². The van der Waals surface area contributed by atoms with E-state index in [0.29, 0.717) is 23.5 Å². The number of nitrogens with two attached hydrogens (primary N) is 1. The highest BCUT2D eigenvalue weighted by atomic mass is 35.5. The number of rotatable bonds is 5. The van der Waals surface area contributed by atoms with Crippen molar-refractivity contribution in [2.75, 3.05) is 19.5 Å². The molecule has 0 fully saturated rings. The third kappa shape index (κ3) is 3.31. The van der Waals surface area contributed by atoms with Gasteiger partial charge in [-0.1, -0.05) is 17.7 Å². The van der Waals surface area contributed by atoms with Crippen LogP contribution in [0.1, 0.15) is 29.7 Å². The van der Waals surface area contributed by atoms with Crippen LogP contribution in [0, 0.1) is 11.3 Å². The highest BCUT2D eigenvalue weighted by Crippen LogP contribution is 2.39. The minimum absolute atomic E-state index is 0.184. The monoisotopic (exact) mass is 333 g/mol. The Balaban J connectivity index is 2.59. The van der Waals surface area contributed by atoms with Crippen molar-refractivity contribution in [1.29, 1.82) is 5.26 Å². The third-order valence-corrected chi connectivity index (χ3v) is 3.59. The number of methoxy groups -OCH3 is 1. The van der Waals surface area contributed by atoms with Crippen molar-refractivity contribution in [2.45, 2.75) is 13.0 Å². The van der Waals surface area contributed by atoms with Gasteiger partial charge in [0, 0.05) is 5.56 Å². The van der Waals surface area contributed by atoms with Gasteiger partial charge in [0.1, 0.15) is 11.9 Å². The first kappa shape index (κ1) is 16.9. The van der Waals surface area contributed by atoms with Gasteiger partial charge in [0.2, 0.25) is 5.88 Å². The zero-order valence-corrected chi connectivity index (χ0v) is 13.5. The molecule has 1 heterocycles. The maximum Gasteiger partial charge on any atom is 0.221 e. The van der Waals surface area contributed by atoms with Crippen LogP contribution < -0.4 is 15.2 Å². The van der Waals surface area contributed by atoms with Gasteiger partial charge in [-0.25, -0.2) is 4.98 Å². The zero-order chi connectivity index (χ0) is 17.0. The molecule has 0 saturated heterocycles. The quantitative estimate of drug-likeness (QED) is 0.872. The van der Waals surface area contributed by atoms with Crippen LogP contribution in [0.25, 0.3) is 0 Å². The molecule has 0 radical (unpaired) electrons. The van der Waals surface area contributed by atoms with Gasteiger partial charge >= 0.3 is 0 Å². The Hall–Kier alpha value is -2.49. The minimum Gasteiger partial charge on any atom is -0.496 e. The van der Waals surface area contributed by atoms with Gasteiger partial charge in [0.05, 0.1) is 47.8 Å². The average Bonchev–Trinajstić information content (AvgIpc) is 2.57. The molecule has 0 aliphatic rings. The summed E-state index contributed by atoms with van der Waals surface area (Å²) in [7, 11) is 1.45. The van der Waals surface area contributed by atoms with Gasteiger partial charge in [-0.15, -0.1) is 0 Å². The van der Waals surface area contributed by atoms with E-state index in [9.17, 15) is 5.11 Å². The molecule has 2 aromatic rings. The third-order valence-electron chi connectivity index (χ3n) is 3.28. The second kappa shape index (κ2) is 7.18. The molecule has 0 aliphatic carbocycles. The maximum absolute atomic E-state index is 10.8. The van der Waals surface area contributed by atoms with Crippen LogP contribution in [0.15, 0.2) is 24.4 Å². The minimum atomic E-state index is -1.16. The standard InChI is InChI=1S/C16H16ClN3O3/c1-3-23-16-13(14(19)11(17)8-20-16)15(21)10-5-4-9(7-18)6-12(10)22-2/h4-6,8,15,21H,3H2,1-2H3,(H2,19,20). The molecule has 6 nitrogen and oxygen atoms in total. The van der Waals surface area contributed by atoms with E-state index >= 15 is 0 Å². The number of hydrogen-bond acceptors (Lipinski definition) is 6. The van der Waals surface area contributed by atoms with E-state index in [0.717, 1.165) is 0 Å². The number of nitrogens with zero attached hydrogens (tertiary/aromatic N) is 2. The number of aliphatic hydroxyl groups excluding tert-OH is 1. The zero-order valence-electron chi connectivity index (χ0n) is 12.7. The van der Waals surface area contributed by atoms with Gasteiger partial charge in [-0.2, -0.15) is 5.26 Å². The molecule has 0 bridgehead atoms. The average molecular weight is 334 g/mol. The molecule has 0 saturated carbocycles. The summed E-state index contributed by atoms with van der Waals surface area (Å²) >= 11 is 6.01. The molecule has 1 aromatic heterocycles. The van der Waals surface area contributed by atoms with Crippen molar-refractivity contribution < 1.29 is 14.6 Å². The molecule has 2 rings (SSSR count). The number of ether oxygens (including phenoxy) is 2. The van der Waals surface area contributed by atoms with E-state index in [1.54, 1.807) is 19.1 Å². The lowest BCUT2D eigenvalue weighted by Gasteiger charge is -2.20. The van der Waals surface area contributed by atoms with E-state index in [2.05, 4.69) is 4.98 Å². The number of benzene rings is 1. The molecule has 1 atom stereocenters. The molecule has 3 N–H and O–H groups in total. The molecular formula is C16H16ClN3O3. The first-order valence-corrected chi connectivity index (χ1v) is 7.24. The van der Waals surface area contributed by atoms with Crippen LogP contribution in [0.5, 0.6) is 11.6 Å². The fraction of sp³-hybridized carbons (Fsp3) is 0.250. The van der Waals surface area contributed by atoms with E-state index in [4.69, 9.17) is 32.1 Å². The molecule has 7 heteroatoms. The number of pyridine rings is 1. The maximum atomic E-state index is 10.8. The van der Waals surface area contributed by atoms with Crippen molar-refractivity contribution in [3.8, 4) is 17.7 Å². The normalized spacial score (nSPS) is 11.6. The van der Waals surface area contributed by atoms with Crippen LogP contribution in [0.4, 0.5) is 5.69 Å². The summed E-state index contributed by atoms with van der Waals surface area (Å²) < 4.78 is 10.7. The first-order valence-electron chi connectivity index (χ1n) is 6.86. The van der Waals surface area contributed by atoms with Crippen LogP contribution >= 0.6 is 11.6 Å². The largest absolute Gasteiger partial charge is 0.496 e. The number of anilines is 1. The molecule has 0 spiro atoms. The number of hydrogen-bond donors (Lipinski definition) is 2. The SMILES string of the molecule is CCOc1ncc(Cl)c(N)c1C(O)c1ccc(C#N)cc1OC. The van der Waals surface area contributed by atoms with Gasteiger partial charge in [0.15, 0.2) is 0 Å². The van der Waals surface area contributed by atoms with Gasteiger partial charge < -0.3 is 20.3 Å². The predicted octanol–water partition coefficient (Wildman–Crippen LogP) is 2.68. The van der Waals surface area contributed by atoms with Gasteiger partial charge in [0.25, 0.3) is 0 Å².